The molecule has 1 aliphatic rings. The van der Waals surface area contributed by atoms with E-state index in [1.807, 2.05) is 41.9 Å². The van der Waals surface area contributed by atoms with Crippen molar-refractivity contribution in [1.82, 2.24) is 9.55 Å². The number of ketones is 1. The van der Waals surface area contributed by atoms with E-state index in [0.717, 1.165) is 34.6 Å². The van der Waals surface area contributed by atoms with Crippen LogP contribution in [0.2, 0.25) is 0 Å². The highest BCUT2D eigenvalue weighted by atomic mass is 32.2. The Hall–Kier alpha value is -2.32. The number of rotatable bonds is 5. The van der Waals surface area contributed by atoms with E-state index in [0.29, 0.717) is 17.8 Å². The van der Waals surface area contributed by atoms with E-state index < -0.39 is 10.0 Å². The number of thioether (sulfide) groups is 1. The zero-order valence-electron chi connectivity index (χ0n) is 15.8. The topological polar surface area (TPSA) is 72.3 Å². The van der Waals surface area contributed by atoms with Crippen molar-refractivity contribution >= 4 is 44.3 Å². The van der Waals surface area contributed by atoms with Crippen LogP contribution in [0.5, 0.6) is 0 Å². The van der Waals surface area contributed by atoms with Crippen molar-refractivity contribution in [3.05, 3.63) is 53.6 Å². The second kappa shape index (κ2) is 7.25. The number of carbonyl (C=O) groups excluding carboxylic acids is 1. The summed E-state index contributed by atoms with van der Waals surface area (Å²) in [5, 5.41) is 0.802. The van der Waals surface area contributed by atoms with Crippen LogP contribution in [0.25, 0.3) is 11.0 Å². The van der Waals surface area contributed by atoms with Gasteiger partial charge in [-0.3, -0.25) is 9.10 Å². The van der Waals surface area contributed by atoms with Crippen LogP contribution < -0.4 is 4.31 Å². The summed E-state index contributed by atoms with van der Waals surface area (Å²) in [6.45, 7) is 0.488. The van der Waals surface area contributed by atoms with Crippen LogP contribution in [-0.2, 0) is 23.5 Å². The van der Waals surface area contributed by atoms with Crippen molar-refractivity contribution in [1.29, 1.82) is 0 Å². The average molecular weight is 416 g/mol. The number of aryl methyl sites for hydroxylation is 2. The maximum absolute atomic E-state index is 12.7. The van der Waals surface area contributed by atoms with Gasteiger partial charge < -0.3 is 4.57 Å². The summed E-state index contributed by atoms with van der Waals surface area (Å²) >= 11 is 1.41. The van der Waals surface area contributed by atoms with Gasteiger partial charge in [-0.25, -0.2) is 13.4 Å². The SMILES string of the molecule is Cn1c(SCC(=O)c2ccc3c(c2)CCCN3S(C)(=O)=O)nc2ccccc21. The van der Waals surface area contributed by atoms with Crippen molar-refractivity contribution in [2.24, 2.45) is 7.05 Å². The monoisotopic (exact) mass is 415 g/mol. The van der Waals surface area contributed by atoms with Gasteiger partial charge in [-0.2, -0.15) is 0 Å². The molecule has 0 saturated heterocycles. The Kier molecular flexibility index (Phi) is 4.93. The second-order valence-electron chi connectivity index (χ2n) is 6.94. The molecule has 1 aliphatic heterocycles. The molecule has 0 atom stereocenters. The number of aromatic nitrogens is 2. The van der Waals surface area contributed by atoms with Gasteiger partial charge >= 0.3 is 0 Å². The first-order valence-corrected chi connectivity index (χ1v) is 11.9. The lowest BCUT2D eigenvalue weighted by Gasteiger charge is -2.29. The third kappa shape index (κ3) is 3.54. The van der Waals surface area contributed by atoms with Crippen molar-refractivity contribution in [3.63, 3.8) is 0 Å². The number of nitrogens with zero attached hydrogens (tertiary/aromatic N) is 3. The van der Waals surface area contributed by atoms with Gasteiger partial charge in [0.25, 0.3) is 0 Å². The fourth-order valence-corrected chi connectivity index (χ4v) is 5.42. The van der Waals surface area contributed by atoms with Crippen LogP contribution in [0.1, 0.15) is 22.3 Å². The molecule has 0 fully saturated rings. The molecule has 0 N–H and O–H groups in total. The van der Waals surface area contributed by atoms with E-state index in [1.165, 1.54) is 22.3 Å². The summed E-state index contributed by atoms with van der Waals surface area (Å²) in [5.74, 6) is 0.294. The minimum atomic E-state index is -3.30. The summed E-state index contributed by atoms with van der Waals surface area (Å²) in [4.78, 5) is 17.3. The number of sulfonamides is 1. The molecule has 4 rings (SSSR count). The molecule has 0 aliphatic carbocycles. The first-order valence-electron chi connectivity index (χ1n) is 9.03. The van der Waals surface area contributed by atoms with Crippen LogP contribution in [0.3, 0.4) is 0 Å². The summed E-state index contributed by atoms with van der Waals surface area (Å²) in [7, 11) is -1.36. The number of benzene rings is 2. The third-order valence-corrected chi connectivity index (χ3v) is 7.17. The van der Waals surface area contributed by atoms with Crippen LogP contribution in [0.4, 0.5) is 5.69 Å². The van der Waals surface area contributed by atoms with Crippen LogP contribution in [-0.4, -0.2) is 42.3 Å². The van der Waals surface area contributed by atoms with Gasteiger partial charge in [-0.15, -0.1) is 0 Å². The number of fused-ring (bicyclic) bond motifs is 2. The molecule has 0 saturated carbocycles. The zero-order chi connectivity index (χ0) is 19.9. The van der Waals surface area contributed by atoms with Crippen LogP contribution in [0.15, 0.2) is 47.6 Å². The van der Waals surface area contributed by atoms with Crippen LogP contribution >= 0.6 is 11.8 Å². The Balaban J connectivity index is 1.53. The molecule has 3 aromatic rings. The smallest absolute Gasteiger partial charge is 0.232 e. The summed E-state index contributed by atoms with van der Waals surface area (Å²) in [5.41, 5.74) is 4.16. The number of anilines is 1. The van der Waals surface area contributed by atoms with Crippen molar-refractivity contribution < 1.29 is 13.2 Å². The van der Waals surface area contributed by atoms with E-state index in [4.69, 9.17) is 0 Å². The first kappa shape index (κ1) is 19.0. The fourth-order valence-electron chi connectivity index (χ4n) is 3.55. The Morgan fingerprint density at radius 2 is 2.00 bits per heavy atom. The van der Waals surface area contributed by atoms with E-state index >= 15 is 0 Å². The lowest BCUT2D eigenvalue weighted by molar-refractivity contribution is 0.102. The largest absolute Gasteiger partial charge is 0.322 e. The molecule has 2 heterocycles. The Labute approximate surface area is 168 Å². The molecule has 2 aromatic carbocycles. The van der Waals surface area contributed by atoms with Crippen molar-refractivity contribution in [2.45, 2.75) is 18.0 Å². The predicted molar refractivity (Wildman–Crippen MR) is 113 cm³/mol. The Morgan fingerprint density at radius 3 is 2.75 bits per heavy atom. The fraction of sp³-hybridized carbons (Fsp3) is 0.300. The van der Waals surface area contributed by atoms with E-state index in [1.54, 1.807) is 12.1 Å². The summed E-state index contributed by atoms with van der Waals surface area (Å²) in [6.07, 6.45) is 2.75. The minimum Gasteiger partial charge on any atom is -0.322 e. The highest BCUT2D eigenvalue weighted by Gasteiger charge is 2.24. The minimum absolute atomic E-state index is 0.0105. The van der Waals surface area contributed by atoms with Crippen molar-refractivity contribution in [3.8, 4) is 0 Å². The highest BCUT2D eigenvalue weighted by molar-refractivity contribution is 7.99. The normalized spacial score (nSPS) is 14.3. The lowest BCUT2D eigenvalue weighted by Crippen LogP contribution is -2.34. The van der Waals surface area contributed by atoms with Gasteiger partial charge in [-0.1, -0.05) is 23.9 Å². The molecule has 0 bridgehead atoms. The highest BCUT2D eigenvalue weighted by Crippen LogP contribution is 2.30. The maximum atomic E-state index is 12.7. The van der Waals surface area contributed by atoms with Gasteiger partial charge in [0.15, 0.2) is 10.9 Å². The quantitative estimate of drug-likeness (QED) is 0.472. The Morgan fingerprint density at radius 1 is 1.21 bits per heavy atom. The molecule has 28 heavy (non-hydrogen) atoms. The molecule has 0 radical (unpaired) electrons. The van der Waals surface area contributed by atoms with Gasteiger partial charge in [0.05, 0.1) is 28.7 Å². The third-order valence-electron chi connectivity index (χ3n) is 4.96. The van der Waals surface area contributed by atoms with E-state index in [9.17, 15) is 13.2 Å². The standard InChI is InChI=1S/C20H21N3O3S2/c1-22-18-8-4-3-7-16(18)21-20(22)27-13-19(24)15-9-10-17-14(12-15)6-5-11-23(17)28(2,25)26/h3-4,7-10,12H,5-6,11,13H2,1-2H3. The molecule has 146 valence electrons. The molecule has 6 nitrogen and oxygen atoms in total. The van der Waals surface area contributed by atoms with Crippen molar-refractivity contribution in [2.75, 3.05) is 22.9 Å². The predicted octanol–water partition coefficient (Wildman–Crippen LogP) is 3.26. The number of imidazole rings is 1. The van der Waals surface area contributed by atoms with Gasteiger partial charge in [0.2, 0.25) is 10.0 Å². The number of carbonyl (C=O) groups is 1. The van der Waals surface area contributed by atoms with E-state index in [2.05, 4.69) is 4.98 Å². The van der Waals surface area contributed by atoms with Gasteiger partial charge in [0, 0.05) is 19.2 Å². The summed E-state index contributed by atoms with van der Waals surface area (Å²) in [6, 6.07) is 13.2. The molecule has 1 aromatic heterocycles. The number of Topliss-reactive ketones (excluding diaryl/α,β-unsaturated/α-hetero) is 1. The van der Waals surface area contributed by atoms with Gasteiger partial charge in [-0.05, 0) is 48.7 Å². The molecule has 8 heteroatoms. The first-order chi connectivity index (χ1) is 13.3. The molecular formula is C20H21N3O3S2. The maximum Gasteiger partial charge on any atom is 0.232 e. The zero-order valence-corrected chi connectivity index (χ0v) is 17.4. The molecular weight excluding hydrogens is 394 g/mol. The number of hydrogen-bond acceptors (Lipinski definition) is 5. The molecule has 0 amide bonds. The average Bonchev–Trinajstić information content (AvgIpc) is 3.00. The van der Waals surface area contributed by atoms with E-state index in [-0.39, 0.29) is 11.5 Å². The van der Waals surface area contributed by atoms with Gasteiger partial charge in [0.1, 0.15) is 0 Å². The Bertz CT molecular complexity index is 1170. The second-order valence-corrected chi connectivity index (χ2v) is 9.79. The summed E-state index contributed by atoms with van der Waals surface area (Å²) < 4.78 is 27.4. The molecule has 0 unspecified atom stereocenters. The molecule has 0 spiro atoms. The number of hydrogen-bond donors (Lipinski definition) is 0. The van der Waals surface area contributed by atoms with Crippen LogP contribution in [0, 0.1) is 0 Å². The number of para-hydroxylation sites is 2. The lowest BCUT2D eigenvalue weighted by atomic mass is 9.99.